The number of carboxylic acid groups (broad SMARTS) is 1. The second kappa shape index (κ2) is 9.11. The molecule has 7 heteroatoms. The van der Waals surface area contributed by atoms with Crippen LogP contribution in [-0.2, 0) is 14.4 Å². The van der Waals surface area contributed by atoms with Crippen LogP contribution in [0, 0.1) is 11.3 Å². The van der Waals surface area contributed by atoms with Gasteiger partial charge >= 0.3 is 5.97 Å². The number of hydrogen-bond donors (Lipinski definition) is 1. The van der Waals surface area contributed by atoms with E-state index in [9.17, 15) is 19.5 Å². The molecule has 174 valence electrons. The van der Waals surface area contributed by atoms with Crippen LogP contribution < -0.4 is 0 Å². The zero-order valence-corrected chi connectivity index (χ0v) is 20.1. The highest BCUT2D eigenvalue weighted by Gasteiger charge is 2.55. The fourth-order valence-electron chi connectivity index (χ4n) is 5.35. The number of likely N-dealkylation sites (tertiary alicyclic amines) is 1. The van der Waals surface area contributed by atoms with Crippen LogP contribution in [0.1, 0.15) is 62.6 Å². The first-order valence-electron chi connectivity index (χ1n) is 11.2. The molecule has 1 aliphatic heterocycles. The topological polar surface area (TPSA) is 74.7 Å². The van der Waals surface area contributed by atoms with Gasteiger partial charge in [-0.3, -0.25) is 14.4 Å². The average molecular weight is 488 g/mol. The molecule has 0 aromatic heterocycles. The molecule has 2 aliphatic rings. The number of carboxylic acids is 1. The molecule has 0 bridgehead atoms. The molecule has 1 aliphatic carbocycles. The molecule has 2 aromatic carbocycles. The normalized spacial score (nSPS) is 26.2. The molecule has 2 aromatic rings. The van der Waals surface area contributed by atoms with Crippen molar-refractivity contribution in [1.82, 2.24) is 4.90 Å². The number of rotatable bonds is 7. The third kappa shape index (κ3) is 4.80. The quantitative estimate of drug-likeness (QED) is 0.527. The first kappa shape index (κ1) is 23.8. The van der Waals surface area contributed by atoms with Crippen LogP contribution >= 0.6 is 23.2 Å². The van der Waals surface area contributed by atoms with E-state index in [-0.39, 0.29) is 29.9 Å². The second-order valence-corrected chi connectivity index (χ2v) is 10.5. The molecule has 1 N–H and O–H groups in total. The lowest BCUT2D eigenvalue weighted by Crippen LogP contribution is -2.58. The summed E-state index contributed by atoms with van der Waals surface area (Å²) in [6.07, 6.45) is 1.78. The molecule has 1 amide bonds. The molecule has 1 saturated carbocycles. The van der Waals surface area contributed by atoms with E-state index in [1.54, 1.807) is 30.0 Å². The Bertz CT molecular complexity index is 1080. The second-order valence-electron chi connectivity index (χ2n) is 9.60. The third-order valence-corrected chi connectivity index (χ3v) is 7.40. The molecule has 0 unspecified atom stereocenters. The van der Waals surface area contributed by atoms with Crippen molar-refractivity contribution in [3.05, 3.63) is 69.7 Å². The molecule has 4 atom stereocenters. The fourth-order valence-corrected chi connectivity index (χ4v) is 5.68. The van der Waals surface area contributed by atoms with Crippen molar-refractivity contribution >= 4 is 40.9 Å². The van der Waals surface area contributed by atoms with Gasteiger partial charge in [0.2, 0.25) is 5.91 Å². The van der Waals surface area contributed by atoms with Crippen molar-refractivity contribution in [2.75, 3.05) is 0 Å². The summed E-state index contributed by atoms with van der Waals surface area (Å²) in [6, 6.07) is 13.8. The van der Waals surface area contributed by atoms with Crippen LogP contribution in [-0.4, -0.2) is 33.7 Å². The van der Waals surface area contributed by atoms with Crippen LogP contribution in [0.3, 0.4) is 0 Å². The number of piperidine rings is 1. The molecular weight excluding hydrogens is 461 g/mol. The molecule has 5 nitrogen and oxygen atoms in total. The number of ketones is 1. The summed E-state index contributed by atoms with van der Waals surface area (Å²) < 4.78 is 0. The summed E-state index contributed by atoms with van der Waals surface area (Å²) in [4.78, 5) is 40.4. The Kier molecular flexibility index (Phi) is 6.56. The van der Waals surface area contributed by atoms with Gasteiger partial charge < -0.3 is 10.0 Å². The largest absolute Gasteiger partial charge is 0.481 e. The average Bonchev–Trinajstić information content (AvgIpc) is 3.56. The van der Waals surface area contributed by atoms with Gasteiger partial charge in [-0.05, 0) is 67.5 Å². The van der Waals surface area contributed by atoms with Gasteiger partial charge in [0.15, 0.2) is 5.78 Å². The third-order valence-electron chi connectivity index (χ3n) is 6.92. The van der Waals surface area contributed by atoms with Gasteiger partial charge in [0.25, 0.3) is 0 Å². The van der Waals surface area contributed by atoms with Crippen molar-refractivity contribution in [2.45, 2.75) is 57.5 Å². The number of carbonyl (C=O) groups is 3. The lowest BCUT2D eigenvalue weighted by Gasteiger charge is -2.51. The Morgan fingerprint density at radius 3 is 2.30 bits per heavy atom. The zero-order chi connectivity index (χ0) is 23.9. The van der Waals surface area contributed by atoms with E-state index in [1.165, 1.54) is 6.92 Å². The maximum Gasteiger partial charge on any atom is 0.304 e. The van der Waals surface area contributed by atoms with Crippen LogP contribution in [0.4, 0.5) is 0 Å². The number of benzene rings is 2. The molecule has 2 fully saturated rings. The predicted octanol–water partition coefficient (Wildman–Crippen LogP) is 5.90. The van der Waals surface area contributed by atoms with Gasteiger partial charge in [-0.15, -0.1) is 0 Å². The van der Waals surface area contributed by atoms with E-state index in [2.05, 4.69) is 0 Å². The number of amides is 1. The minimum Gasteiger partial charge on any atom is -0.481 e. The Hall–Kier alpha value is -2.37. The monoisotopic (exact) mass is 487 g/mol. The van der Waals surface area contributed by atoms with Crippen molar-refractivity contribution < 1.29 is 19.5 Å². The summed E-state index contributed by atoms with van der Waals surface area (Å²) in [5.74, 6) is -1.54. The minimum atomic E-state index is -1.15. The molecule has 0 spiro atoms. The number of Topliss-reactive ketones (excluding diaryl/α,β-unsaturated/α-hetero) is 1. The van der Waals surface area contributed by atoms with Crippen molar-refractivity contribution in [3.8, 4) is 0 Å². The molecular formula is C26H27Cl2NO4. The smallest absolute Gasteiger partial charge is 0.304 e. The van der Waals surface area contributed by atoms with Crippen LogP contribution in [0.2, 0.25) is 10.0 Å². The van der Waals surface area contributed by atoms with Gasteiger partial charge in [0.1, 0.15) is 0 Å². The van der Waals surface area contributed by atoms with Gasteiger partial charge in [-0.2, -0.15) is 0 Å². The number of halogens is 2. The Balaban J connectivity index is 1.93. The van der Waals surface area contributed by atoms with Gasteiger partial charge in [-0.1, -0.05) is 54.4 Å². The van der Waals surface area contributed by atoms with E-state index < -0.39 is 23.5 Å². The number of nitrogens with zero attached hydrogens (tertiary/aromatic N) is 1. The Morgan fingerprint density at radius 2 is 1.76 bits per heavy atom. The minimum absolute atomic E-state index is 0.0748. The number of carbonyl (C=O) groups excluding carboxylic acids is 2. The van der Waals surface area contributed by atoms with E-state index in [1.807, 2.05) is 30.3 Å². The molecule has 0 radical (unpaired) electrons. The van der Waals surface area contributed by atoms with E-state index in [0.717, 1.165) is 24.0 Å². The lowest BCUT2D eigenvalue weighted by atomic mass is 9.66. The maximum atomic E-state index is 14.0. The summed E-state index contributed by atoms with van der Waals surface area (Å²) in [5, 5.41) is 10.8. The standard InChI is InChI=1S/C26H27Cl2NO4/c1-15(30)23(16-6-7-16)29-24(17-8-10-19(27)11-9-17)21(18-4-3-5-20(28)12-18)13-26(2,25(29)33)14-22(31)32/h3-5,8-12,16,21,23-24H,6-7,13-14H2,1-2H3,(H,31,32)/t21-,23-,24-,26-/m1/s1. The van der Waals surface area contributed by atoms with Crippen LogP contribution in [0.25, 0.3) is 0 Å². The first-order valence-corrected chi connectivity index (χ1v) is 11.9. The highest BCUT2D eigenvalue weighted by atomic mass is 35.5. The van der Waals surface area contributed by atoms with E-state index >= 15 is 0 Å². The lowest BCUT2D eigenvalue weighted by molar-refractivity contribution is -0.163. The maximum absolute atomic E-state index is 14.0. The zero-order valence-electron chi connectivity index (χ0n) is 18.6. The number of aliphatic carboxylic acids is 1. The van der Waals surface area contributed by atoms with Crippen molar-refractivity contribution in [1.29, 1.82) is 0 Å². The summed E-state index contributed by atoms with van der Waals surface area (Å²) >= 11 is 12.5. The van der Waals surface area contributed by atoms with Crippen molar-refractivity contribution in [2.24, 2.45) is 11.3 Å². The van der Waals surface area contributed by atoms with Crippen LogP contribution in [0.15, 0.2) is 48.5 Å². The summed E-state index contributed by atoms with van der Waals surface area (Å²) in [7, 11) is 0. The number of hydrogen-bond acceptors (Lipinski definition) is 3. The molecule has 1 saturated heterocycles. The highest BCUT2D eigenvalue weighted by molar-refractivity contribution is 6.30. The van der Waals surface area contributed by atoms with Gasteiger partial charge in [-0.25, -0.2) is 0 Å². The molecule has 1 heterocycles. The Labute approximate surface area is 203 Å². The summed E-state index contributed by atoms with van der Waals surface area (Å²) in [6.45, 7) is 3.23. The highest BCUT2D eigenvalue weighted by Crippen LogP contribution is 2.54. The first-order chi connectivity index (χ1) is 15.6. The SMILES string of the molecule is CC(=O)[C@H](C1CC1)N1C(=O)[C@@](C)(CC(=O)O)C[C@H](c2cccc(Cl)c2)[C@H]1c1ccc(Cl)cc1. The van der Waals surface area contributed by atoms with E-state index in [0.29, 0.717) is 16.5 Å². The van der Waals surface area contributed by atoms with Gasteiger partial charge in [0.05, 0.1) is 23.9 Å². The molecule has 4 rings (SSSR count). The van der Waals surface area contributed by atoms with Crippen LogP contribution in [0.5, 0.6) is 0 Å². The van der Waals surface area contributed by atoms with E-state index in [4.69, 9.17) is 23.2 Å². The molecule has 33 heavy (non-hydrogen) atoms. The Morgan fingerprint density at radius 1 is 1.09 bits per heavy atom. The van der Waals surface area contributed by atoms with Gasteiger partial charge in [0, 0.05) is 16.0 Å². The predicted molar refractivity (Wildman–Crippen MR) is 127 cm³/mol. The summed E-state index contributed by atoms with van der Waals surface area (Å²) in [5.41, 5.74) is 0.626. The van der Waals surface area contributed by atoms with Crippen molar-refractivity contribution in [3.63, 3.8) is 0 Å². The fraction of sp³-hybridized carbons (Fsp3) is 0.423.